The molecule has 8 heteroatoms. The van der Waals surface area contributed by atoms with E-state index in [1.807, 2.05) is 58.9 Å². The number of hydrogen-bond acceptors (Lipinski definition) is 5. The third kappa shape index (κ3) is 14.5. The molecular formula is C15H32O5Si3. The van der Waals surface area contributed by atoms with Crippen LogP contribution in [0.1, 0.15) is 12.8 Å². The molecule has 134 valence electrons. The molecule has 0 N–H and O–H groups in total. The molecule has 23 heavy (non-hydrogen) atoms. The van der Waals surface area contributed by atoms with Gasteiger partial charge in [0.05, 0.1) is 18.6 Å². The molecule has 0 saturated carbocycles. The molecule has 0 fully saturated rings. The van der Waals surface area contributed by atoms with Gasteiger partial charge in [-0.2, -0.15) is 0 Å². The number of carbonyl (C=O) groups excluding carboxylic acids is 2. The molecule has 0 aliphatic heterocycles. The summed E-state index contributed by atoms with van der Waals surface area (Å²) >= 11 is 0. The molecule has 0 unspecified atom stereocenters. The predicted molar refractivity (Wildman–Crippen MR) is 101 cm³/mol. The highest BCUT2D eigenvalue weighted by atomic mass is 28.4. The first-order chi connectivity index (χ1) is 10.1. The van der Waals surface area contributed by atoms with Crippen molar-refractivity contribution in [3.63, 3.8) is 0 Å². The molecule has 0 atom stereocenters. The van der Waals surface area contributed by atoms with Crippen LogP contribution >= 0.6 is 0 Å². The molecule has 0 bridgehead atoms. The van der Waals surface area contributed by atoms with E-state index in [1.54, 1.807) is 6.08 Å². The Morgan fingerprint density at radius 3 is 1.48 bits per heavy atom. The number of hydrogen-bond donors (Lipinski definition) is 0. The van der Waals surface area contributed by atoms with E-state index >= 15 is 0 Å². The van der Waals surface area contributed by atoms with Gasteiger partial charge in [-0.15, -0.1) is 0 Å². The molecule has 0 saturated heterocycles. The number of rotatable bonds is 8. The summed E-state index contributed by atoms with van der Waals surface area (Å²) in [5.74, 6) is -0.0634. The summed E-state index contributed by atoms with van der Waals surface area (Å²) in [6.45, 7) is 17.8. The van der Waals surface area contributed by atoms with E-state index in [2.05, 4.69) is 0 Å². The molecule has 0 amide bonds. The molecule has 0 heterocycles. The van der Waals surface area contributed by atoms with Gasteiger partial charge in [0.25, 0.3) is 11.9 Å². The van der Waals surface area contributed by atoms with Gasteiger partial charge in [0.2, 0.25) is 25.0 Å². The first-order valence-corrected chi connectivity index (χ1v) is 18.1. The van der Waals surface area contributed by atoms with Gasteiger partial charge in [-0.1, -0.05) is 0 Å². The highest BCUT2D eigenvalue weighted by molar-refractivity contribution is 6.71. The van der Waals surface area contributed by atoms with Gasteiger partial charge >= 0.3 is 0 Å². The SMILES string of the molecule is C[Si](C)(C)OC(=O)C/C=C(/CC(=O)O[Si](C)(C)C)O[Si](C)(C)C. The molecule has 0 aromatic heterocycles. The summed E-state index contributed by atoms with van der Waals surface area (Å²) in [4.78, 5) is 23.9. The van der Waals surface area contributed by atoms with Crippen LogP contribution in [-0.2, 0) is 22.9 Å². The van der Waals surface area contributed by atoms with Crippen LogP contribution in [0.15, 0.2) is 11.8 Å². The Morgan fingerprint density at radius 2 is 1.09 bits per heavy atom. The first kappa shape index (κ1) is 22.1. The maximum absolute atomic E-state index is 12.0. The van der Waals surface area contributed by atoms with E-state index in [0.29, 0.717) is 5.76 Å². The van der Waals surface area contributed by atoms with Gasteiger partial charge in [0, 0.05) is 0 Å². The zero-order valence-electron chi connectivity index (χ0n) is 16.0. The minimum atomic E-state index is -1.93. The second kappa shape index (κ2) is 8.29. The Kier molecular flexibility index (Phi) is 7.98. The van der Waals surface area contributed by atoms with Crippen molar-refractivity contribution in [2.45, 2.75) is 71.8 Å². The molecule has 0 aliphatic rings. The summed E-state index contributed by atoms with van der Waals surface area (Å²) in [6, 6.07) is 0. The summed E-state index contributed by atoms with van der Waals surface area (Å²) in [6.07, 6.45) is 1.84. The number of carbonyl (C=O) groups is 2. The zero-order valence-corrected chi connectivity index (χ0v) is 19.0. The molecule has 0 aromatic rings. The Hall–Kier alpha value is -0.869. The minimum absolute atomic E-state index is 0.0643. The van der Waals surface area contributed by atoms with Crippen molar-refractivity contribution in [1.29, 1.82) is 0 Å². The minimum Gasteiger partial charge on any atom is -0.547 e. The van der Waals surface area contributed by atoms with Crippen LogP contribution in [0, 0.1) is 0 Å². The van der Waals surface area contributed by atoms with Crippen molar-refractivity contribution >= 4 is 36.9 Å². The van der Waals surface area contributed by atoms with Crippen LogP contribution < -0.4 is 0 Å². The van der Waals surface area contributed by atoms with Crippen LogP contribution in [-0.4, -0.2) is 36.9 Å². The van der Waals surface area contributed by atoms with E-state index in [0.717, 1.165) is 0 Å². The van der Waals surface area contributed by atoms with Crippen molar-refractivity contribution in [2.75, 3.05) is 0 Å². The lowest BCUT2D eigenvalue weighted by Crippen LogP contribution is -2.31. The standard InChI is InChI=1S/C15H32O5Si3/c1-21(2,3)18-13(12-15(17)20-23(7,8)9)10-11-14(16)19-22(4,5)6/h10H,11-12H2,1-9H3/b13-10-. The van der Waals surface area contributed by atoms with Crippen LogP contribution in [0.25, 0.3) is 0 Å². The zero-order chi connectivity index (χ0) is 18.5. The Morgan fingerprint density at radius 1 is 0.696 bits per heavy atom. The molecule has 0 aromatic carbocycles. The van der Waals surface area contributed by atoms with E-state index in [1.165, 1.54) is 0 Å². The Bertz CT molecular complexity index is 453. The van der Waals surface area contributed by atoms with Crippen molar-refractivity contribution in [1.82, 2.24) is 0 Å². The topological polar surface area (TPSA) is 61.8 Å². The van der Waals surface area contributed by atoms with E-state index in [9.17, 15) is 9.59 Å². The molecule has 0 aliphatic carbocycles. The fraction of sp³-hybridized carbons (Fsp3) is 0.733. The monoisotopic (exact) mass is 376 g/mol. The maximum atomic E-state index is 12.0. The van der Waals surface area contributed by atoms with E-state index in [4.69, 9.17) is 13.3 Å². The van der Waals surface area contributed by atoms with Crippen molar-refractivity contribution in [3.8, 4) is 0 Å². The molecule has 0 spiro atoms. The van der Waals surface area contributed by atoms with Gasteiger partial charge < -0.3 is 13.3 Å². The summed E-state index contributed by atoms with van der Waals surface area (Å²) < 4.78 is 16.8. The summed E-state index contributed by atoms with van der Waals surface area (Å²) in [5, 5.41) is 0. The van der Waals surface area contributed by atoms with E-state index in [-0.39, 0.29) is 24.8 Å². The van der Waals surface area contributed by atoms with Gasteiger partial charge in [-0.3, -0.25) is 9.59 Å². The van der Waals surface area contributed by atoms with Crippen LogP contribution in [0.5, 0.6) is 0 Å². The molecule has 0 radical (unpaired) electrons. The van der Waals surface area contributed by atoms with Gasteiger partial charge in [0.15, 0.2) is 0 Å². The van der Waals surface area contributed by atoms with Crippen LogP contribution in [0.2, 0.25) is 58.9 Å². The van der Waals surface area contributed by atoms with Gasteiger partial charge in [-0.05, 0) is 65.0 Å². The fourth-order valence-electron chi connectivity index (χ4n) is 1.64. The lowest BCUT2D eigenvalue weighted by atomic mass is 10.3. The van der Waals surface area contributed by atoms with Crippen molar-refractivity contribution < 1.29 is 22.9 Å². The van der Waals surface area contributed by atoms with Crippen molar-refractivity contribution in [3.05, 3.63) is 11.8 Å². The average Bonchev–Trinajstić information content (AvgIpc) is 2.18. The third-order valence-electron chi connectivity index (χ3n) is 2.09. The molecule has 5 nitrogen and oxygen atoms in total. The summed E-state index contributed by atoms with van der Waals surface area (Å²) in [7, 11) is -5.70. The van der Waals surface area contributed by atoms with Crippen molar-refractivity contribution in [2.24, 2.45) is 0 Å². The smallest absolute Gasteiger partial charge is 0.300 e. The van der Waals surface area contributed by atoms with Crippen LogP contribution in [0.4, 0.5) is 0 Å². The van der Waals surface area contributed by atoms with Crippen LogP contribution in [0.3, 0.4) is 0 Å². The lowest BCUT2D eigenvalue weighted by molar-refractivity contribution is -0.136. The maximum Gasteiger partial charge on any atom is 0.300 e. The fourth-order valence-corrected chi connectivity index (χ4v) is 4.11. The Balaban J connectivity index is 4.91. The van der Waals surface area contributed by atoms with Gasteiger partial charge in [0.1, 0.15) is 0 Å². The quantitative estimate of drug-likeness (QED) is 0.468. The third-order valence-corrected chi connectivity index (χ3v) is 4.65. The predicted octanol–water partition coefficient (Wildman–Crippen LogP) is 4.26. The largest absolute Gasteiger partial charge is 0.547 e. The first-order valence-electron chi connectivity index (χ1n) is 7.89. The molecular weight excluding hydrogens is 344 g/mol. The average molecular weight is 377 g/mol. The lowest BCUT2D eigenvalue weighted by Gasteiger charge is -2.23. The molecule has 0 rings (SSSR count). The van der Waals surface area contributed by atoms with Gasteiger partial charge in [-0.25, -0.2) is 0 Å². The second-order valence-corrected chi connectivity index (χ2v) is 21.7. The Labute approximate surface area is 143 Å². The normalized spacial score (nSPS) is 13.5. The van der Waals surface area contributed by atoms with E-state index < -0.39 is 25.0 Å². The summed E-state index contributed by atoms with van der Waals surface area (Å²) in [5.41, 5.74) is 0. The second-order valence-electron chi connectivity index (χ2n) is 8.44. The highest BCUT2D eigenvalue weighted by Crippen LogP contribution is 2.17. The highest BCUT2D eigenvalue weighted by Gasteiger charge is 2.24.